The molecular formula is C23H33N3O3. The standard InChI is InChI=1S/C13H18O2.C10H15N3O/c1-9(2)8-11-4-6-12(7-5-11)10(3)13(14)15;1-14-12-10(6-11)9-7-13-4-2-8(9)3-5-13/h4-7,9-10H,8H2,1-3H3,(H,14,15);8-9H,2-5,7H2,1H3/b;12-10+. The van der Waals surface area contributed by atoms with Crippen molar-refractivity contribution in [3.63, 3.8) is 0 Å². The number of oxime groups is 1. The van der Waals surface area contributed by atoms with E-state index in [1.165, 1.54) is 38.6 Å². The van der Waals surface area contributed by atoms with E-state index in [9.17, 15) is 4.79 Å². The van der Waals surface area contributed by atoms with Crippen LogP contribution >= 0.6 is 0 Å². The van der Waals surface area contributed by atoms with Gasteiger partial charge in [-0.2, -0.15) is 5.26 Å². The van der Waals surface area contributed by atoms with E-state index in [2.05, 4.69) is 30.0 Å². The number of hydrogen-bond acceptors (Lipinski definition) is 5. The van der Waals surface area contributed by atoms with E-state index in [0.717, 1.165) is 18.5 Å². The third-order valence-corrected chi connectivity index (χ3v) is 5.81. The molecule has 0 spiro atoms. The lowest BCUT2D eigenvalue weighted by Gasteiger charge is -2.43. The normalized spacial score (nSPS) is 24.3. The maximum Gasteiger partial charge on any atom is 0.310 e. The molecule has 2 atom stereocenters. The van der Waals surface area contributed by atoms with Crippen LogP contribution in [0.25, 0.3) is 0 Å². The largest absolute Gasteiger partial charge is 0.481 e. The molecule has 1 N–H and O–H groups in total. The minimum absolute atomic E-state index is 0.308. The molecule has 0 aromatic heterocycles. The van der Waals surface area contributed by atoms with Crippen molar-refractivity contribution in [2.45, 2.75) is 46.0 Å². The van der Waals surface area contributed by atoms with Gasteiger partial charge in [-0.25, -0.2) is 0 Å². The van der Waals surface area contributed by atoms with Crippen molar-refractivity contribution in [3.05, 3.63) is 35.4 Å². The fourth-order valence-electron chi connectivity index (χ4n) is 4.10. The van der Waals surface area contributed by atoms with E-state index in [0.29, 0.717) is 23.5 Å². The third kappa shape index (κ3) is 6.57. The van der Waals surface area contributed by atoms with Crippen LogP contribution in [0.1, 0.15) is 50.7 Å². The molecule has 2 unspecified atom stereocenters. The zero-order valence-corrected chi connectivity index (χ0v) is 18.0. The first-order chi connectivity index (χ1) is 13.8. The molecule has 0 amide bonds. The zero-order valence-electron chi connectivity index (χ0n) is 18.0. The average molecular weight is 400 g/mol. The summed E-state index contributed by atoms with van der Waals surface area (Å²) in [5, 5.41) is 21.6. The fourth-order valence-corrected chi connectivity index (χ4v) is 4.10. The van der Waals surface area contributed by atoms with E-state index >= 15 is 0 Å². The van der Waals surface area contributed by atoms with E-state index in [-0.39, 0.29) is 0 Å². The lowest BCUT2D eigenvalue weighted by atomic mass is 9.77. The smallest absolute Gasteiger partial charge is 0.310 e. The molecule has 1 aromatic rings. The Labute approximate surface area is 174 Å². The topological polar surface area (TPSA) is 85.9 Å². The Morgan fingerprint density at radius 2 is 1.90 bits per heavy atom. The molecule has 158 valence electrons. The Balaban J connectivity index is 0.000000207. The van der Waals surface area contributed by atoms with Gasteiger partial charge in [0.05, 0.1) is 5.92 Å². The van der Waals surface area contributed by atoms with Gasteiger partial charge >= 0.3 is 5.97 Å². The molecule has 3 aliphatic heterocycles. The number of fused-ring (bicyclic) bond motifs is 3. The van der Waals surface area contributed by atoms with Crippen LogP contribution in [-0.4, -0.2) is 48.4 Å². The molecule has 1 aromatic carbocycles. The molecule has 4 rings (SSSR count). The van der Waals surface area contributed by atoms with Crippen molar-refractivity contribution < 1.29 is 14.7 Å². The third-order valence-electron chi connectivity index (χ3n) is 5.81. The van der Waals surface area contributed by atoms with Crippen molar-refractivity contribution in [2.75, 3.05) is 26.7 Å². The Morgan fingerprint density at radius 3 is 2.31 bits per heavy atom. The van der Waals surface area contributed by atoms with E-state index in [4.69, 9.17) is 15.2 Å². The second-order valence-electron chi connectivity index (χ2n) is 8.41. The monoisotopic (exact) mass is 399 g/mol. The van der Waals surface area contributed by atoms with E-state index in [1.807, 2.05) is 24.3 Å². The summed E-state index contributed by atoms with van der Waals surface area (Å²) in [5.74, 6) is 0.397. The quantitative estimate of drug-likeness (QED) is 0.579. The number of benzene rings is 1. The van der Waals surface area contributed by atoms with Crippen LogP contribution in [0, 0.1) is 29.1 Å². The van der Waals surface area contributed by atoms with Crippen molar-refractivity contribution in [3.8, 4) is 6.07 Å². The molecule has 0 radical (unpaired) electrons. The number of carboxylic acids is 1. The van der Waals surface area contributed by atoms with Crippen molar-refractivity contribution in [1.29, 1.82) is 5.26 Å². The first-order valence-corrected chi connectivity index (χ1v) is 10.4. The Kier molecular flexibility index (Phi) is 8.66. The lowest BCUT2D eigenvalue weighted by molar-refractivity contribution is -0.138. The molecule has 3 heterocycles. The van der Waals surface area contributed by atoms with Crippen molar-refractivity contribution >= 4 is 11.7 Å². The van der Waals surface area contributed by atoms with Gasteiger partial charge in [-0.1, -0.05) is 43.3 Å². The minimum Gasteiger partial charge on any atom is -0.481 e. The van der Waals surface area contributed by atoms with Gasteiger partial charge in [0.2, 0.25) is 0 Å². The molecule has 29 heavy (non-hydrogen) atoms. The summed E-state index contributed by atoms with van der Waals surface area (Å²) >= 11 is 0. The molecule has 6 nitrogen and oxygen atoms in total. The van der Waals surface area contributed by atoms with Crippen molar-refractivity contribution in [2.24, 2.45) is 22.9 Å². The zero-order chi connectivity index (χ0) is 21.4. The van der Waals surface area contributed by atoms with Crippen LogP contribution in [0.5, 0.6) is 0 Å². The second-order valence-corrected chi connectivity index (χ2v) is 8.41. The van der Waals surface area contributed by atoms with Crippen LogP contribution in [0.15, 0.2) is 29.4 Å². The summed E-state index contributed by atoms with van der Waals surface area (Å²) in [6, 6.07) is 10.0. The Bertz CT molecular complexity index is 729. The molecule has 0 aliphatic carbocycles. The summed E-state index contributed by atoms with van der Waals surface area (Å²) in [7, 11) is 1.50. The van der Waals surface area contributed by atoms with Crippen LogP contribution in [0.4, 0.5) is 0 Å². The first-order valence-electron chi connectivity index (χ1n) is 10.4. The molecular weight excluding hydrogens is 366 g/mol. The number of nitrogens with zero attached hydrogens (tertiary/aromatic N) is 3. The molecule has 3 saturated heterocycles. The second kappa shape index (κ2) is 11.0. The predicted molar refractivity (Wildman–Crippen MR) is 114 cm³/mol. The molecule has 3 aliphatic rings. The van der Waals surface area contributed by atoms with Gasteiger partial charge in [0.1, 0.15) is 13.2 Å². The summed E-state index contributed by atoms with van der Waals surface area (Å²) in [4.78, 5) is 17.9. The van der Waals surface area contributed by atoms with Gasteiger partial charge < -0.3 is 14.8 Å². The Hall–Kier alpha value is -2.39. The van der Waals surface area contributed by atoms with Crippen LogP contribution in [0.2, 0.25) is 0 Å². The number of nitriles is 1. The predicted octanol–water partition coefficient (Wildman–Crippen LogP) is 3.93. The highest BCUT2D eigenvalue weighted by Crippen LogP contribution is 2.33. The first kappa shape index (κ1) is 22.9. The highest BCUT2D eigenvalue weighted by Gasteiger charge is 2.37. The van der Waals surface area contributed by atoms with Gasteiger partial charge in [0.25, 0.3) is 0 Å². The van der Waals surface area contributed by atoms with Gasteiger partial charge in [0.15, 0.2) is 5.71 Å². The molecule has 3 fully saturated rings. The molecule has 6 heteroatoms. The van der Waals surface area contributed by atoms with Gasteiger partial charge in [0, 0.05) is 12.5 Å². The van der Waals surface area contributed by atoms with Crippen LogP contribution < -0.4 is 0 Å². The fraction of sp³-hybridized carbons (Fsp3) is 0.609. The number of rotatable bonds is 6. The summed E-state index contributed by atoms with van der Waals surface area (Å²) in [5.41, 5.74) is 2.71. The number of hydrogen-bond donors (Lipinski definition) is 1. The Morgan fingerprint density at radius 1 is 1.28 bits per heavy atom. The van der Waals surface area contributed by atoms with E-state index in [1.54, 1.807) is 6.92 Å². The maximum absolute atomic E-state index is 10.8. The minimum atomic E-state index is -0.772. The summed E-state index contributed by atoms with van der Waals surface area (Å²) < 4.78 is 0. The van der Waals surface area contributed by atoms with Crippen LogP contribution in [0.3, 0.4) is 0 Å². The SMILES string of the molecule is CC(C)Cc1ccc(C(C)C(=O)O)cc1.CO/N=C(\C#N)C1CN2CCC1CC2. The molecule has 0 saturated carbocycles. The number of aliphatic carboxylic acids is 1. The van der Waals surface area contributed by atoms with Crippen molar-refractivity contribution in [1.82, 2.24) is 4.90 Å². The highest BCUT2D eigenvalue weighted by molar-refractivity contribution is 6.00. The lowest BCUT2D eigenvalue weighted by Crippen LogP contribution is -2.49. The van der Waals surface area contributed by atoms with Gasteiger partial charge in [-0.3, -0.25) is 4.79 Å². The summed E-state index contributed by atoms with van der Waals surface area (Å²) in [6.45, 7) is 9.42. The van der Waals surface area contributed by atoms with Gasteiger partial charge in [-0.05, 0) is 62.2 Å². The number of carboxylic acid groups (broad SMARTS) is 1. The number of carbonyl (C=O) groups is 1. The summed E-state index contributed by atoms with van der Waals surface area (Å²) in [6.07, 6.45) is 3.45. The van der Waals surface area contributed by atoms with Gasteiger partial charge in [-0.15, -0.1) is 0 Å². The van der Waals surface area contributed by atoms with E-state index < -0.39 is 11.9 Å². The number of piperidine rings is 3. The highest BCUT2D eigenvalue weighted by atomic mass is 16.6. The molecule has 2 bridgehead atoms. The maximum atomic E-state index is 10.8. The average Bonchev–Trinajstić information content (AvgIpc) is 2.73. The van der Waals surface area contributed by atoms with Crippen LogP contribution in [-0.2, 0) is 16.1 Å².